The Morgan fingerprint density at radius 2 is 1.93 bits per heavy atom. The Bertz CT molecular complexity index is 1050. The van der Waals surface area contributed by atoms with Gasteiger partial charge in [0.2, 0.25) is 0 Å². The maximum absolute atomic E-state index is 13.4. The Morgan fingerprint density at radius 1 is 1.26 bits per heavy atom. The first-order valence-corrected chi connectivity index (χ1v) is 9.52. The summed E-state index contributed by atoms with van der Waals surface area (Å²) in [5.41, 5.74) is 0.286. The zero-order chi connectivity index (χ0) is 19.8. The summed E-state index contributed by atoms with van der Waals surface area (Å²) in [6, 6.07) is 7.50. The summed E-state index contributed by atoms with van der Waals surface area (Å²) < 4.78 is 11.8. The van der Waals surface area contributed by atoms with Gasteiger partial charge in [-0.25, -0.2) is 9.78 Å². The summed E-state index contributed by atoms with van der Waals surface area (Å²) in [5, 5.41) is 2.43. The Balaban J connectivity index is 2.23. The van der Waals surface area contributed by atoms with E-state index in [4.69, 9.17) is 9.47 Å². The van der Waals surface area contributed by atoms with Gasteiger partial charge in [-0.15, -0.1) is 11.3 Å². The molecule has 6 nitrogen and oxygen atoms in total. The number of ether oxygens (including phenoxy) is 2. The summed E-state index contributed by atoms with van der Waals surface area (Å²) in [6.07, 6.45) is 0. The predicted octanol–water partition coefficient (Wildman–Crippen LogP) is 3.74. The number of aryl methyl sites for hydroxylation is 1. The van der Waals surface area contributed by atoms with E-state index in [1.807, 2.05) is 29.6 Å². The molecule has 0 N–H and O–H groups in total. The minimum atomic E-state index is -1.16. The van der Waals surface area contributed by atoms with E-state index in [0.717, 1.165) is 16.9 Å². The molecule has 2 aromatic heterocycles. The largest absolute Gasteiger partial charge is 0.497 e. The van der Waals surface area contributed by atoms with E-state index in [0.29, 0.717) is 16.0 Å². The van der Waals surface area contributed by atoms with E-state index < -0.39 is 11.5 Å². The van der Waals surface area contributed by atoms with Crippen LogP contribution in [0.2, 0.25) is 0 Å². The number of nitrogens with zero attached hydrogens (tertiary/aromatic N) is 2. The Hall–Kier alpha value is -2.67. The fourth-order valence-electron chi connectivity index (χ4n) is 3.13. The molecular weight excluding hydrogens is 364 g/mol. The quantitative estimate of drug-likeness (QED) is 0.625. The SMILES string of the molecule is CCOC(=O)C(C)(C)n1c(C)nc2scc(-c3ccc(OC)cc3)c2c1=O. The molecule has 0 unspecified atom stereocenters. The van der Waals surface area contributed by atoms with E-state index in [9.17, 15) is 9.59 Å². The average Bonchev–Trinajstić information content (AvgIpc) is 3.05. The first kappa shape index (κ1) is 19.1. The van der Waals surface area contributed by atoms with Crippen molar-refractivity contribution in [3.8, 4) is 16.9 Å². The third kappa shape index (κ3) is 3.23. The fraction of sp³-hybridized carbons (Fsp3) is 0.350. The van der Waals surface area contributed by atoms with Crippen LogP contribution in [0.1, 0.15) is 26.6 Å². The van der Waals surface area contributed by atoms with E-state index >= 15 is 0 Å². The molecule has 0 fully saturated rings. The van der Waals surface area contributed by atoms with Gasteiger partial charge in [-0.1, -0.05) is 12.1 Å². The zero-order valence-electron chi connectivity index (χ0n) is 16.0. The topological polar surface area (TPSA) is 70.4 Å². The lowest BCUT2D eigenvalue weighted by Gasteiger charge is -2.26. The molecule has 7 heteroatoms. The predicted molar refractivity (Wildman–Crippen MR) is 107 cm³/mol. The molecule has 27 heavy (non-hydrogen) atoms. The highest BCUT2D eigenvalue weighted by atomic mass is 32.1. The standard InChI is InChI=1S/C20H22N2O4S/c1-6-26-19(24)20(3,4)22-12(2)21-17-16(18(22)23)15(11-27-17)13-7-9-14(25-5)10-8-13/h7-11H,6H2,1-5H3. The highest BCUT2D eigenvalue weighted by Crippen LogP contribution is 2.32. The van der Waals surface area contributed by atoms with E-state index in [-0.39, 0.29) is 12.2 Å². The van der Waals surface area contributed by atoms with Gasteiger partial charge in [0.25, 0.3) is 5.56 Å². The second-order valence-corrected chi connectivity index (χ2v) is 7.50. The molecule has 2 heterocycles. The van der Waals surface area contributed by atoms with Crippen LogP contribution >= 0.6 is 11.3 Å². The second kappa shape index (κ2) is 7.15. The van der Waals surface area contributed by atoms with Gasteiger partial charge in [0.1, 0.15) is 21.9 Å². The maximum atomic E-state index is 13.4. The third-order valence-corrected chi connectivity index (χ3v) is 5.38. The number of methoxy groups -OCH3 is 1. The van der Waals surface area contributed by atoms with Crippen LogP contribution < -0.4 is 10.3 Å². The molecule has 0 aliphatic heterocycles. The van der Waals surface area contributed by atoms with Gasteiger partial charge in [-0.3, -0.25) is 9.36 Å². The van der Waals surface area contributed by atoms with E-state index in [1.165, 1.54) is 15.9 Å². The molecule has 0 atom stereocenters. The van der Waals surface area contributed by atoms with Gasteiger partial charge in [0.15, 0.2) is 0 Å². The maximum Gasteiger partial charge on any atom is 0.331 e. The van der Waals surface area contributed by atoms with Crippen LogP contribution in [-0.2, 0) is 15.1 Å². The average molecular weight is 386 g/mol. The van der Waals surface area contributed by atoms with Crippen molar-refractivity contribution in [1.29, 1.82) is 0 Å². The molecule has 142 valence electrons. The van der Waals surface area contributed by atoms with Crippen molar-refractivity contribution in [3.05, 3.63) is 45.8 Å². The summed E-state index contributed by atoms with van der Waals surface area (Å²) >= 11 is 1.41. The van der Waals surface area contributed by atoms with Gasteiger partial charge >= 0.3 is 5.97 Å². The van der Waals surface area contributed by atoms with E-state index in [1.54, 1.807) is 34.8 Å². The second-order valence-electron chi connectivity index (χ2n) is 6.64. The van der Waals surface area contributed by atoms with Crippen molar-refractivity contribution in [2.24, 2.45) is 0 Å². The number of esters is 1. The number of aromatic nitrogens is 2. The van der Waals surface area contributed by atoms with Crippen molar-refractivity contribution in [2.45, 2.75) is 33.2 Å². The van der Waals surface area contributed by atoms with Crippen LogP contribution in [0.25, 0.3) is 21.3 Å². The van der Waals surface area contributed by atoms with Crippen LogP contribution in [0.4, 0.5) is 0 Å². The number of benzene rings is 1. The molecule has 0 saturated heterocycles. The number of hydrogen-bond acceptors (Lipinski definition) is 6. The molecule has 0 aliphatic rings. The molecule has 0 amide bonds. The molecule has 3 aromatic rings. The van der Waals surface area contributed by atoms with Crippen LogP contribution in [0.15, 0.2) is 34.4 Å². The Kier molecular flexibility index (Phi) is 5.06. The van der Waals surface area contributed by atoms with Gasteiger partial charge < -0.3 is 9.47 Å². The third-order valence-electron chi connectivity index (χ3n) is 4.51. The Morgan fingerprint density at radius 3 is 2.52 bits per heavy atom. The van der Waals surface area contributed by atoms with Crippen LogP contribution in [0.5, 0.6) is 5.75 Å². The number of carbonyl (C=O) groups is 1. The van der Waals surface area contributed by atoms with Crippen LogP contribution in [0, 0.1) is 6.92 Å². The van der Waals surface area contributed by atoms with Gasteiger partial charge in [-0.2, -0.15) is 0 Å². The molecular formula is C20H22N2O4S. The molecule has 0 saturated carbocycles. The number of carbonyl (C=O) groups excluding carboxylic acids is 1. The van der Waals surface area contributed by atoms with Gasteiger partial charge in [0.05, 0.1) is 19.1 Å². The minimum absolute atomic E-state index is 0.248. The van der Waals surface area contributed by atoms with E-state index in [2.05, 4.69) is 4.98 Å². The normalized spacial score (nSPS) is 11.6. The first-order valence-electron chi connectivity index (χ1n) is 8.64. The minimum Gasteiger partial charge on any atom is -0.497 e. The molecule has 3 rings (SSSR count). The lowest BCUT2D eigenvalue weighted by atomic mass is 10.0. The van der Waals surface area contributed by atoms with Gasteiger partial charge in [0, 0.05) is 10.9 Å². The summed E-state index contributed by atoms with van der Waals surface area (Å²) in [7, 11) is 1.61. The lowest BCUT2D eigenvalue weighted by Crippen LogP contribution is -2.45. The van der Waals surface area contributed by atoms with Crippen LogP contribution in [-0.4, -0.2) is 29.2 Å². The smallest absolute Gasteiger partial charge is 0.331 e. The van der Waals surface area contributed by atoms with Crippen molar-refractivity contribution < 1.29 is 14.3 Å². The first-order chi connectivity index (χ1) is 12.8. The fourth-order valence-corrected chi connectivity index (χ4v) is 4.12. The zero-order valence-corrected chi connectivity index (χ0v) is 16.8. The lowest BCUT2D eigenvalue weighted by molar-refractivity contribution is -0.152. The van der Waals surface area contributed by atoms with Gasteiger partial charge in [-0.05, 0) is 45.4 Å². The van der Waals surface area contributed by atoms with Crippen molar-refractivity contribution in [2.75, 3.05) is 13.7 Å². The highest BCUT2D eigenvalue weighted by molar-refractivity contribution is 7.17. The highest BCUT2D eigenvalue weighted by Gasteiger charge is 2.35. The summed E-state index contributed by atoms with van der Waals surface area (Å²) in [6.45, 7) is 7.07. The molecule has 0 radical (unpaired) electrons. The van der Waals surface area contributed by atoms with Crippen molar-refractivity contribution >= 4 is 27.5 Å². The Labute approximate surface area is 161 Å². The summed E-state index contributed by atoms with van der Waals surface area (Å²) in [5.74, 6) is 0.763. The number of rotatable bonds is 5. The number of fused-ring (bicyclic) bond motifs is 1. The molecule has 0 aliphatic carbocycles. The molecule has 0 spiro atoms. The molecule has 0 bridgehead atoms. The van der Waals surface area contributed by atoms with Crippen LogP contribution in [0.3, 0.4) is 0 Å². The van der Waals surface area contributed by atoms with Crippen molar-refractivity contribution in [1.82, 2.24) is 9.55 Å². The number of thiophene rings is 1. The monoisotopic (exact) mass is 386 g/mol. The van der Waals surface area contributed by atoms with Crippen molar-refractivity contribution in [3.63, 3.8) is 0 Å². The molecule has 1 aromatic carbocycles. The summed E-state index contributed by atoms with van der Waals surface area (Å²) in [4.78, 5) is 31.1. The number of hydrogen-bond donors (Lipinski definition) is 0.